The zero-order chi connectivity index (χ0) is 16.9. The summed E-state index contributed by atoms with van der Waals surface area (Å²) < 4.78 is 5.37. The van der Waals surface area contributed by atoms with E-state index in [1.54, 1.807) is 25.6 Å². The van der Waals surface area contributed by atoms with Gasteiger partial charge in [0.05, 0.1) is 13.5 Å². The van der Waals surface area contributed by atoms with E-state index >= 15 is 0 Å². The van der Waals surface area contributed by atoms with Crippen molar-refractivity contribution in [2.75, 3.05) is 38.2 Å². The molecule has 6 heteroatoms. The van der Waals surface area contributed by atoms with Crippen molar-refractivity contribution < 1.29 is 9.53 Å². The summed E-state index contributed by atoms with van der Waals surface area (Å²) in [6.45, 7) is 4.89. The van der Waals surface area contributed by atoms with Crippen LogP contribution in [0, 0.1) is 6.92 Å². The SMILES string of the molecule is COc1ccc(C)cc1CC(=O)N1CCN(c2ncccn2)CC1. The Labute approximate surface area is 142 Å². The first-order valence-corrected chi connectivity index (χ1v) is 8.10. The molecule has 0 spiro atoms. The zero-order valence-electron chi connectivity index (χ0n) is 14.1. The van der Waals surface area contributed by atoms with Crippen LogP contribution in [0.4, 0.5) is 5.95 Å². The minimum absolute atomic E-state index is 0.132. The van der Waals surface area contributed by atoms with Gasteiger partial charge in [-0.25, -0.2) is 9.97 Å². The highest BCUT2D eigenvalue weighted by Gasteiger charge is 2.23. The van der Waals surface area contributed by atoms with E-state index in [1.165, 1.54) is 0 Å². The molecule has 1 aromatic heterocycles. The van der Waals surface area contributed by atoms with Crippen LogP contribution in [-0.2, 0) is 11.2 Å². The average molecular weight is 326 g/mol. The van der Waals surface area contributed by atoms with Gasteiger partial charge in [0, 0.05) is 44.1 Å². The third kappa shape index (κ3) is 3.64. The van der Waals surface area contributed by atoms with Crippen LogP contribution in [0.3, 0.4) is 0 Å². The smallest absolute Gasteiger partial charge is 0.227 e. The van der Waals surface area contributed by atoms with E-state index in [0.717, 1.165) is 35.9 Å². The first kappa shape index (κ1) is 16.2. The maximum Gasteiger partial charge on any atom is 0.227 e. The molecule has 0 N–H and O–H groups in total. The van der Waals surface area contributed by atoms with Crippen LogP contribution in [0.2, 0.25) is 0 Å². The van der Waals surface area contributed by atoms with Crippen LogP contribution in [-0.4, -0.2) is 54.1 Å². The molecule has 24 heavy (non-hydrogen) atoms. The van der Waals surface area contributed by atoms with E-state index < -0.39 is 0 Å². The summed E-state index contributed by atoms with van der Waals surface area (Å²) in [4.78, 5) is 25.2. The summed E-state index contributed by atoms with van der Waals surface area (Å²) in [6, 6.07) is 7.73. The van der Waals surface area contributed by atoms with Crippen molar-refractivity contribution in [3.63, 3.8) is 0 Å². The van der Waals surface area contributed by atoms with Gasteiger partial charge in [-0.1, -0.05) is 17.7 Å². The fourth-order valence-electron chi connectivity index (χ4n) is 2.93. The number of nitrogens with zero attached hydrogens (tertiary/aromatic N) is 4. The molecule has 1 aliphatic rings. The van der Waals surface area contributed by atoms with E-state index in [-0.39, 0.29) is 5.91 Å². The number of aromatic nitrogens is 2. The van der Waals surface area contributed by atoms with Gasteiger partial charge in [0.2, 0.25) is 11.9 Å². The first-order chi connectivity index (χ1) is 11.7. The second kappa shape index (κ2) is 7.29. The molecule has 126 valence electrons. The second-order valence-electron chi connectivity index (χ2n) is 5.91. The Kier molecular flexibility index (Phi) is 4.93. The molecule has 0 unspecified atom stereocenters. The van der Waals surface area contributed by atoms with Crippen molar-refractivity contribution >= 4 is 11.9 Å². The molecule has 0 saturated carbocycles. The molecule has 6 nitrogen and oxygen atoms in total. The molecule has 0 atom stereocenters. The highest BCUT2D eigenvalue weighted by Crippen LogP contribution is 2.21. The van der Waals surface area contributed by atoms with Gasteiger partial charge in [-0.05, 0) is 19.1 Å². The summed E-state index contributed by atoms with van der Waals surface area (Å²) in [7, 11) is 1.64. The van der Waals surface area contributed by atoms with E-state index in [0.29, 0.717) is 19.5 Å². The molecule has 3 rings (SSSR count). The third-order valence-corrected chi connectivity index (χ3v) is 4.24. The molecule has 1 fully saturated rings. The lowest BCUT2D eigenvalue weighted by Crippen LogP contribution is -2.49. The summed E-state index contributed by atoms with van der Waals surface area (Å²) in [5.74, 6) is 1.63. The van der Waals surface area contributed by atoms with E-state index in [4.69, 9.17) is 4.74 Å². The van der Waals surface area contributed by atoms with Crippen molar-refractivity contribution in [1.29, 1.82) is 0 Å². The van der Waals surface area contributed by atoms with Crippen molar-refractivity contribution in [1.82, 2.24) is 14.9 Å². The fraction of sp³-hybridized carbons (Fsp3) is 0.389. The van der Waals surface area contributed by atoms with Crippen LogP contribution in [0.25, 0.3) is 0 Å². The lowest BCUT2D eigenvalue weighted by atomic mass is 10.1. The Morgan fingerprint density at radius 3 is 2.54 bits per heavy atom. The van der Waals surface area contributed by atoms with E-state index in [2.05, 4.69) is 14.9 Å². The van der Waals surface area contributed by atoms with Gasteiger partial charge in [-0.3, -0.25) is 4.79 Å². The molecular formula is C18H22N4O2. The maximum absolute atomic E-state index is 12.6. The maximum atomic E-state index is 12.6. The number of aryl methyl sites for hydroxylation is 1. The highest BCUT2D eigenvalue weighted by atomic mass is 16.5. The number of piperazine rings is 1. The van der Waals surface area contributed by atoms with Crippen LogP contribution >= 0.6 is 0 Å². The Morgan fingerprint density at radius 2 is 1.88 bits per heavy atom. The van der Waals surface area contributed by atoms with Crippen LogP contribution in [0.15, 0.2) is 36.7 Å². The number of carbonyl (C=O) groups excluding carboxylic acids is 1. The topological polar surface area (TPSA) is 58.6 Å². The number of benzene rings is 1. The normalized spacial score (nSPS) is 14.6. The van der Waals surface area contributed by atoms with Crippen molar-refractivity contribution in [2.24, 2.45) is 0 Å². The molecular weight excluding hydrogens is 304 g/mol. The second-order valence-corrected chi connectivity index (χ2v) is 5.91. The highest BCUT2D eigenvalue weighted by molar-refractivity contribution is 5.80. The largest absolute Gasteiger partial charge is 0.496 e. The standard InChI is InChI=1S/C18H22N4O2/c1-14-4-5-16(24-2)15(12-14)13-17(23)21-8-10-22(11-9-21)18-19-6-3-7-20-18/h3-7,12H,8-11,13H2,1-2H3. The Bertz CT molecular complexity index is 697. The minimum Gasteiger partial charge on any atom is -0.496 e. The molecule has 2 aromatic rings. The fourth-order valence-corrected chi connectivity index (χ4v) is 2.93. The van der Waals surface area contributed by atoms with Crippen molar-refractivity contribution in [3.05, 3.63) is 47.8 Å². The number of anilines is 1. The molecule has 1 aromatic carbocycles. The zero-order valence-corrected chi connectivity index (χ0v) is 14.1. The van der Waals surface area contributed by atoms with Gasteiger partial charge >= 0.3 is 0 Å². The molecule has 1 amide bonds. The number of carbonyl (C=O) groups is 1. The molecule has 1 saturated heterocycles. The van der Waals surface area contributed by atoms with E-state index in [9.17, 15) is 4.79 Å². The predicted octanol–water partition coefficient (Wildman–Crippen LogP) is 1.68. The molecule has 0 bridgehead atoms. The number of hydrogen-bond donors (Lipinski definition) is 0. The Morgan fingerprint density at radius 1 is 1.17 bits per heavy atom. The summed E-state index contributed by atoms with van der Waals surface area (Å²) in [5, 5.41) is 0. The van der Waals surface area contributed by atoms with Crippen molar-refractivity contribution in [2.45, 2.75) is 13.3 Å². The van der Waals surface area contributed by atoms with Gasteiger partial charge < -0.3 is 14.5 Å². The number of rotatable bonds is 4. The predicted molar refractivity (Wildman–Crippen MR) is 92.3 cm³/mol. The first-order valence-electron chi connectivity index (χ1n) is 8.10. The van der Waals surface area contributed by atoms with Gasteiger partial charge in [0.15, 0.2) is 0 Å². The molecule has 0 radical (unpaired) electrons. The number of ether oxygens (including phenoxy) is 1. The van der Waals surface area contributed by atoms with Crippen LogP contribution in [0.1, 0.15) is 11.1 Å². The Hall–Kier alpha value is -2.63. The quantitative estimate of drug-likeness (QED) is 0.856. The van der Waals surface area contributed by atoms with Gasteiger partial charge in [0.1, 0.15) is 5.75 Å². The summed E-state index contributed by atoms with van der Waals surface area (Å²) in [6.07, 6.45) is 3.85. The van der Waals surface area contributed by atoms with Gasteiger partial charge in [-0.15, -0.1) is 0 Å². The van der Waals surface area contributed by atoms with Crippen molar-refractivity contribution in [3.8, 4) is 5.75 Å². The average Bonchev–Trinajstić information content (AvgIpc) is 2.63. The van der Waals surface area contributed by atoms with E-state index in [1.807, 2.05) is 30.0 Å². The lowest BCUT2D eigenvalue weighted by molar-refractivity contribution is -0.130. The molecule has 2 heterocycles. The van der Waals surface area contributed by atoms with Gasteiger partial charge in [-0.2, -0.15) is 0 Å². The Balaban J connectivity index is 1.61. The summed E-state index contributed by atoms with van der Waals surface area (Å²) >= 11 is 0. The lowest BCUT2D eigenvalue weighted by Gasteiger charge is -2.34. The number of methoxy groups -OCH3 is 1. The van der Waals surface area contributed by atoms with Gasteiger partial charge in [0.25, 0.3) is 0 Å². The number of hydrogen-bond acceptors (Lipinski definition) is 5. The summed E-state index contributed by atoms with van der Waals surface area (Å²) in [5.41, 5.74) is 2.07. The monoisotopic (exact) mass is 326 g/mol. The minimum atomic E-state index is 0.132. The molecule has 0 aliphatic carbocycles. The van der Waals surface area contributed by atoms with Crippen LogP contribution < -0.4 is 9.64 Å². The molecule has 1 aliphatic heterocycles. The number of amides is 1. The van der Waals surface area contributed by atoms with Crippen LogP contribution in [0.5, 0.6) is 5.75 Å². The third-order valence-electron chi connectivity index (χ3n) is 4.24.